The van der Waals surface area contributed by atoms with Gasteiger partial charge in [-0.25, -0.2) is 14.4 Å². The SMILES string of the molecule is O=C(Nc1cccnc1)[C@H]1C[C@@H]2CCN(c3ncc(F)cn3)C[C@@H]2O1. The summed E-state index contributed by atoms with van der Waals surface area (Å²) in [7, 11) is 0. The number of aromatic nitrogens is 3. The molecule has 2 fully saturated rings. The molecule has 2 saturated heterocycles. The van der Waals surface area contributed by atoms with Crippen LogP contribution in [0, 0.1) is 11.7 Å². The topological polar surface area (TPSA) is 80.2 Å². The Balaban J connectivity index is 1.38. The van der Waals surface area contributed by atoms with Crippen LogP contribution in [-0.4, -0.2) is 46.2 Å². The summed E-state index contributed by atoms with van der Waals surface area (Å²) in [6.45, 7) is 1.38. The van der Waals surface area contributed by atoms with Gasteiger partial charge in [-0.1, -0.05) is 0 Å². The van der Waals surface area contributed by atoms with Crippen molar-refractivity contribution in [1.82, 2.24) is 15.0 Å². The summed E-state index contributed by atoms with van der Waals surface area (Å²) in [5, 5.41) is 2.84. The molecule has 0 unspecified atom stereocenters. The van der Waals surface area contributed by atoms with Crippen LogP contribution in [-0.2, 0) is 9.53 Å². The average Bonchev–Trinajstić information content (AvgIpc) is 3.06. The molecule has 0 spiro atoms. The lowest BCUT2D eigenvalue weighted by atomic mass is 9.92. The first-order valence-electron chi connectivity index (χ1n) is 8.28. The van der Waals surface area contributed by atoms with E-state index in [0.29, 0.717) is 30.5 Å². The van der Waals surface area contributed by atoms with Gasteiger partial charge < -0.3 is 15.0 Å². The number of anilines is 2. The van der Waals surface area contributed by atoms with E-state index in [4.69, 9.17) is 4.74 Å². The molecule has 1 amide bonds. The molecule has 4 heterocycles. The van der Waals surface area contributed by atoms with E-state index in [1.54, 1.807) is 24.5 Å². The van der Waals surface area contributed by atoms with E-state index in [2.05, 4.69) is 20.3 Å². The highest BCUT2D eigenvalue weighted by molar-refractivity contribution is 5.94. The number of piperidine rings is 1. The van der Waals surface area contributed by atoms with Crippen LogP contribution in [0.2, 0.25) is 0 Å². The summed E-state index contributed by atoms with van der Waals surface area (Å²) in [5.74, 6) is 0.225. The van der Waals surface area contributed by atoms with E-state index in [1.807, 2.05) is 4.90 Å². The predicted octanol–water partition coefficient (Wildman–Crippen LogP) is 1.63. The van der Waals surface area contributed by atoms with Crippen molar-refractivity contribution in [1.29, 1.82) is 0 Å². The number of amides is 1. The number of rotatable bonds is 3. The van der Waals surface area contributed by atoms with Gasteiger partial charge in [-0.2, -0.15) is 0 Å². The fraction of sp³-hybridized carbons (Fsp3) is 0.412. The third-order valence-electron chi connectivity index (χ3n) is 4.66. The molecular formula is C17H18FN5O2. The second kappa shape index (κ2) is 6.72. The van der Waals surface area contributed by atoms with Gasteiger partial charge in [0.15, 0.2) is 5.82 Å². The van der Waals surface area contributed by atoms with Gasteiger partial charge in [0.05, 0.1) is 30.4 Å². The van der Waals surface area contributed by atoms with E-state index in [9.17, 15) is 9.18 Å². The predicted molar refractivity (Wildman–Crippen MR) is 88.5 cm³/mol. The zero-order valence-electron chi connectivity index (χ0n) is 13.5. The maximum absolute atomic E-state index is 13.0. The maximum atomic E-state index is 13.0. The first-order chi connectivity index (χ1) is 12.2. The Hall–Kier alpha value is -2.61. The zero-order chi connectivity index (χ0) is 17.2. The zero-order valence-corrected chi connectivity index (χ0v) is 13.5. The van der Waals surface area contributed by atoms with Crippen LogP contribution in [0.5, 0.6) is 0 Å². The molecule has 1 N–H and O–H groups in total. The molecule has 0 aromatic carbocycles. The van der Waals surface area contributed by atoms with Crippen LogP contribution >= 0.6 is 0 Å². The highest BCUT2D eigenvalue weighted by Gasteiger charge is 2.42. The van der Waals surface area contributed by atoms with Crippen LogP contribution in [0.3, 0.4) is 0 Å². The Bertz CT molecular complexity index is 742. The van der Waals surface area contributed by atoms with E-state index in [-0.39, 0.29) is 12.0 Å². The summed E-state index contributed by atoms with van der Waals surface area (Å²) in [6, 6.07) is 3.56. The van der Waals surface area contributed by atoms with Gasteiger partial charge in [-0.3, -0.25) is 9.78 Å². The number of nitrogens with one attached hydrogen (secondary N) is 1. The van der Waals surface area contributed by atoms with Gasteiger partial charge in [-0.15, -0.1) is 0 Å². The molecule has 2 aromatic rings. The number of fused-ring (bicyclic) bond motifs is 1. The molecule has 130 valence electrons. The number of ether oxygens (including phenoxy) is 1. The van der Waals surface area contributed by atoms with Crippen LogP contribution in [0.15, 0.2) is 36.9 Å². The quantitative estimate of drug-likeness (QED) is 0.912. The van der Waals surface area contributed by atoms with E-state index in [0.717, 1.165) is 25.4 Å². The number of hydrogen-bond donors (Lipinski definition) is 1. The molecule has 7 nitrogen and oxygen atoms in total. The van der Waals surface area contributed by atoms with E-state index < -0.39 is 11.9 Å². The fourth-order valence-corrected chi connectivity index (χ4v) is 3.41. The number of carbonyl (C=O) groups excluding carboxylic acids is 1. The molecule has 2 aromatic heterocycles. The third kappa shape index (κ3) is 3.43. The van der Waals surface area contributed by atoms with Crippen LogP contribution in [0.25, 0.3) is 0 Å². The summed E-state index contributed by atoms with van der Waals surface area (Å²) in [4.78, 5) is 26.4. The smallest absolute Gasteiger partial charge is 0.253 e. The number of pyridine rings is 1. The Morgan fingerprint density at radius 2 is 2.16 bits per heavy atom. The molecule has 2 aliphatic heterocycles. The number of hydrogen-bond acceptors (Lipinski definition) is 6. The fourth-order valence-electron chi connectivity index (χ4n) is 3.41. The van der Waals surface area contributed by atoms with Crippen molar-refractivity contribution in [2.45, 2.75) is 25.0 Å². The van der Waals surface area contributed by atoms with E-state index in [1.165, 1.54) is 0 Å². The van der Waals surface area contributed by atoms with Crippen molar-refractivity contribution in [3.63, 3.8) is 0 Å². The monoisotopic (exact) mass is 343 g/mol. The van der Waals surface area contributed by atoms with Crippen molar-refractivity contribution in [2.24, 2.45) is 5.92 Å². The lowest BCUT2D eigenvalue weighted by Crippen LogP contribution is -2.43. The third-order valence-corrected chi connectivity index (χ3v) is 4.66. The van der Waals surface area contributed by atoms with Crippen LogP contribution in [0.1, 0.15) is 12.8 Å². The second-order valence-electron chi connectivity index (χ2n) is 6.33. The first kappa shape index (κ1) is 15.9. The Kier molecular flexibility index (Phi) is 4.27. The molecule has 4 rings (SSSR count). The summed E-state index contributed by atoms with van der Waals surface area (Å²) < 4.78 is 18.9. The Morgan fingerprint density at radius 1 is 1.32 bits per heavy atom. The first-order valence-corrected chi connectivity index (χ1v) is 8.28. The van der Waals surface area contributed by atoms with Gasteiger partial charge in [0.2, 0.25) is 5.95 Å². The Labute approximate surface area is 144 Å². The lowest BCUT2D eigenvalue weighted by Gasteiger charge is -2.33. The minimum absolute atomic E-state index is 0.0490. The van der Waals surface area contributed by atoms with Crippen molar-refractivity contribution >= 4 is 17.5 Å². The highest BCUT2D eigenvalue weighted by atomic mass is 19.1. The summed E-state index contributed by atoms with van der Waals surface area (Å²) in [6.07, 6.45) is 6.66. The highest BCUT2D eigenvalue weighted by Crippen LogP contribution is 2.34. The number of carbonyl (C=O) groups is 1. The minimum atomic E-state index is -0.468. The Morgan fingerprint density at radius 3 is 2.92 bits per heavy atom. The van der Waals surface area contributed by atoms with Crippen molar-refractivity contribution in [3.05, 3.63) is 42.7 Å². The van der Waals surface area contributed by atoms with E-state index >= 15 is 0 Å². The average molecular weight is 343 g/mol. The normalized spacial score (nSPS) is 25.5. The molecular weight excluding hydrogens is 325 g/mol. The van der Waals surface area contributed by atoms with Gasteiger partial charge in [0.25, 0.3) is 5.91 Å². The summed E-state index contributed by atoms with van der Waals surface area (Å²) >= 11 is 0. The van der Waals surface area contributed by atoms with Crippen molar-refractivity contribution in [3.8, 4) is 0 Å². The molecule has 0 saturated carbocycles. The molecule has 0 aliphatic carbocycles. The van der Waals surface area contributed by atoms with Gasteiger partial charge in [-0.05, 0) is 30.9 Å². The molecule has 8 heteroatoms. The van der Waals surface area contributed by atoms with Crippen LogP contribution in [0.4, 0.5) is 16.0 Å². The van der Waals surface area contributed by atoms with Gasteiger partial charge >= 0.3 is 0 Å². The van der Waals surface area contributed by atoms with Crippen LogP contribution < -0.4 is 10.2 Å². The number of halogens is 1. The van der Waals surface area contributed by atoms with Gasteiger partial charge in [0.1, 0.15) is 6.10 Å². The molecule has 25 heavy (non-hydrogen) atoms. The molecule has 0 bridgehead atoms. The number of nitrogens with zero attached hydrogens (tertiary/aromatic N) is 4. The van der Waals surface area contributed by atoms with Gasteiger partial charge in [0, 0.05) is 19.3 Å². The second-order valence-corrected chi connectivity index (χ2v) is 6.33. The van der Waals surface area contributed by atoms with Crippen molar-refractivity contribution in [2.75, 3.05) is 23.3 Å². The standard InChI is InChI=1S/C17H18FN5O2/c18-12-7-20-17(21-8-12)23-5-3-11-6-14(25-15(11)10-23)16(24)22-13-2-1-4-19-9-13/h1-2,4,7-9,11,14-15H,3,5-6,10H2,(H,22,24)/t11-,14+,15-/m0/s1. The van der Waals surface area contributed by atoms with Crippen molar-refractivity contribution < 1.29 is 13.9 Å². The largest absolute Gasteiger partial charge is 0.363 e. The minimum Gasteiger partial charge on any atom is -0.363 e. The molecule has 2 aliphatic rings. The molecule has 3 atom stereocenters. The lowest BCUT2D eigenvalue weighted by molar-refractivity contribution is -0.126. The molecule has 0 radical (unpaired) electrons. The maximum Gasteiger partial charge on any atom is 0.253 e. The summed E-state index contributed by atoms with van der Waals surface area (Å²) in [5.41, 5.74) is 0.660.